The lowest BCUT2D eigenvalue weighted by Gasteiger charge is -2.21. The molecular weight excluding hydrogens is 308 g/mol. The number of rotatable bonds is 6. The average Bonchev–Trinajstić information content (AvgIpc) is 2.37. The molecule has 122 valence electrons. The molecule has 0 spiro atoms. The summed E-state index contributed by atoms with van der Waals surface area (Å²) >= 11 is 0. The lowest BCUT2D eigenvalue weighted by atomic mass is 10.1. The fourth-order valence-electron chi connectivity index (χ4n) is 1.42. The summed E-state index contributed by atoms with van der Waals surface area (Å²) in [4.78, 5) is 23.1. The molecule has 0 radical (unpaired) electrons. The van der Waals surface area contributed by atoms with Gasteiger partial charge in [-0.15, -0.1) is 0 Å². The Kier molecular flexibility index (Phi) is 5.18. The van der Waals surface area contributed by atoms with Crippen LogP contribution in [-0.2, 0) is 14.8 Å². The van der Waals surface area contributed by atoms with Crippen LogP contribution in [0.4, 0.5) is 5.69 Å². The van der Waals surface area contributed by atoms with E-state index in [4.69, 9.17) is 5.11 Å². The van der Waals surface area contributed by atoms with Gasteiger partial charge >= 0.3 is 5.97 Å². The molecule has 1 rings (SSSR count). The minimum Gasteiger partial charge on any atom is -0.480 e. The molecule has 0 unspecified atom stereocenters. The Morgan fingerprint density at radius 1 is 1.23 bits per heavy atom. The van der Waals surface area contributed by atoms with E-state index in [9.17, 15) is 18.0 Å². The van der Waals surface area contributed by atoms with Gasteiger partial charge in [0.15, 0.2) is 0 Å². The molecule has 0 bridgehead atoms. The molecule has 0 atom stereocenters. The number of carboxylic acids is 1. The highest BCUT2D eigenvalue weighted by Crippen LogP contribution is 2.15. The van der Waals surface area contributed by atoms with E-state index in [1.165, 1.54) is 52.0 Å². The molecular formula is C14H20N2O5S. The van der Waals surface area contributed by atoms with Crippen LogP contribution in [0.3, 0.4) is 0 Å². The van der Waals surface area contributed by atoms with E-state index in [-0.39, 0.29) is 11.3 Å². The molecule has 0 aliphatic heterocycles. The van der Waals surface area contributed by atoms with Gasteiger partial charge in [-0.3, -0.25) is 9.52 Å². The van der Waals surface area contributed by atoms with E-state index >= 15 is 0 Å². The predicted molar refractivity (Wildman–Crippen MR) is 83.3 cm³/mol. The van der Waals surface area contributed by atoms with Crippen molar-refractivity contribution >= 4 is 27.6 Å². The second-order valence-corrected chi connectivity index (χ2v) is 7.90. The molecule has 22 heavy (non-hydrogen) atoms. The molecule has 0 saturated carbocycles. The van der Waals surface area contributed by atoms with Crippen molar-refractivity contribution in [3.63, 3.8) is 0 Å². The first-order valence-corrected chi connectivity index (χ1v) is 8.18. The SMILES string of the molecule is CC(C)S(=O)(=O)Nc1cccc(C(=O)NC(C)(C)C(=O)O)c1. The first-order valence-electron chi connectivity index (χ1n) is 6.63. The number of nitrogens with one attached hydrogen (secondary N) is 2. The highest BCUT2D eigenvalue weighted by atomic mass is 32.2. The standard InChI is InChI=1S/C14H20N2O5S/c1-9(2)22(20,21)16-11-7-5-6-10(8-11)12(17)15-14(3,4)13(18)19/h5-9,16H,1-4H3,(H,15,17)(H,18,19). The van der Waals surface area contributed by atoms with Crippen LogP contribution in [0.25, 0.3) is 0 Å². The highest BCUT2D eigenvalue weighted by Gasteiger charge is 2.29. The normalized spacial score (nSPS) is 12.0. The summed E-state index contributed by atoms with van der Waals surface area (Å²) in [5.74, 6) is -1.77. The summed E-state index contributed by atoms with van der Waals surface area (Å²) in [7, 11) is -3.52. The van der Waals surface area contributed by atoms with Crippen LogP contribution in [0.2, 0.25) is 0 Å². The third-order valence-electron chi connectivity index (χ3n) is 2.97. The lowest BCUT2D eigenvalue weighted by Crippen LogP contribution is -2.49. The number of amides is 1. The Hall–Kier alpha value is -2.09. The smallest absolute Gasteiger partial charge is 0.328 e. The van der Waals surface area contributed by atoms with E-state index in [0.717, 1.165) is 0 Å². The quantitative estimate of drug-likeness (QED) is 0.731. The summed E-state index contributed by atoms with van der Waals surface area (Å²) in [5, 5.41) is 10.8. The molecule has 0 heterocycles. The van der Waals surface area contributed by atoms with Crippen LogP contribution in [0.5, 0.6) is 0 Å². The maximum absolute atomic E-state index is 12.1. The van der Waals surface area contributed by atoms with Crippen molar-refractivity contribution in [1.29, 1.82) is 0 Å². The minimum atomic E-state index is -3.52. The van der Waals surface area contributed by atoms with E-state index < -0.39 is 32.7 Å². The van der Waals surface area contributed by atoms with Gasteiger partial charge in [-0.2, -0.15) is 0 Å². The topological polar surface area (TPSA) is 113 Å². The van der Waals surface area contributed by atoms with Crippen LogP contribution in [0, 0.1) is 0 Å². The van der Waals surface area contributed by atoms with E-state index in [1.54, 1.807) is 0 Å². The number of aliphatic carboxylic acids is 1. The van der Waals surface area contributed by atoms with E-state index in [1.807, 2.05) is 0 Å². The summed E-state index contributed by atoms with van der Waals surface area (Å²) in [5.41, 5.74) is -1.02. The largest absolute Gasteiger partial charge is 0.480 e. The number of carboxylic acid groups (broad SMARTS) is 1. The number of benzene rings is 1. The van der Waals surface area contributed by atoms with Crippen molar-refractivity contribution < 1.29 is 23.1 Å². The molecule has 7 nitrogen and oxygen atoms in total. The second kappa shape index (κ2) is 6.35. The van der Waals surface area contributed by atoms with Gasteiger partial charge in [0.1, 0.15) is 5.54 Å². The number of carbonyl (C=O) groups is 2. The predicted octanol–water partition coefficient (Wildman–Crippen LogP) is 1.43. The summed E-state index contributed by atoms with van der Waals surface area (Å²) in [6.07, 6.45) is 0. The molecule has 8 heteroatoms. The van der Waals surface area contributed by atoms with Crippen molar-refractivity contribution in [2.45, 2.75) is 38.5 Å². The molecule has 0 fully saturated rings. The van der Waals surface area contributed by atoms with Gasteiger partial charge in [-0.05, 0) is 45.9 Å². The zero-order valence-electron chi connectivity index (χ0n) is 12.9. The Morgan fingerprint density at radius 2 is 1.82 bits per heavy atom. The number of hydrogen-bond acceptors (Lipinski definition) is 4. The van der Waals surface area contributed by atoms with Crippen LogP contribution in [-0.4, -0.2) is 36.2 Å². The molecule has 0 saturated heterocycles. The first-order chi connectivity index (χ1) is 9.95. The Balaban J connectivity index is 2.98. The Labute approximate surface area is 129 Å². The molecule has 1 amide bonds. The molecule has 0 aliphatic carbocycles. The van der Waals surface area contributed by atoms with Gasteiger partial charge in [0, 0.05) is 11.3 Å². The lowest BCUT2D eigenvalue weighted by molar-refractivity contribution is -0.143. The Bertz CT molecular complexity index is 680. The van der Waals surface area contributed by atoms with Crippen LogP contribution < -0.4 is 10.0 Å². The van der Waals surface area contributed by atoms with Gasteiger partial charge < -0.3 is 10.4 Å². The third-order valence-corrected chi connectivity index (χ3v) is 4.73. The highest BCUT2D eigenvalue weighted by molar-refractivity contribution is 7.93. The maximum Gasteiger partial charge on any atom is 0.328 e. The molecule has 3 N–H and O–H groups in total. The second-order valence-electron chi connectivity index (χ2n) is 5.66. The third kappa shape index (κ3) is 4.45. The monoisotopic (exact) mass is 328 g/mol. The van der Waals surface area contributed by atoms with Crippen LogP contribution in [0.15, 0.2) is 24.3 Å². The molecule has 1 aromatic rings. The van der Waals surface area contributed by atoms with E-state index in [0.29, 0.717) is 0 Å². The Morgan fingerprint density at radius 3 is 2.32 bits per heavy atom. The number of carbonyl (C=O) groups excluding carboxylic acids is 1. The summed E-state index contributed by atoms with van der Waals surface area (Å²) in [6.45, 7) is 5.79. The van der Waals surface area contributed by atoms with Crippen LogP contribution in [0.1, 0.15) is 38.1 Å². The number of hydrogen-bond donors (Lipinski definition) is 3. The minimum absolute atomic E-state index is 0.165. The fraction of sp³-hybridized carbons (Fsp3) is 0.429. The van der Waals surface area contributed by atoms with Gasteiger partial charge in [0.05, 0.1) is 5.25 Å². The van der Waals surface area contributed by atoms with Gasteiger partial charge in [-0.25, -0.2) is 13.2 Å². The van der Waals surface area contributed by atoms with Crippen molar-refractivity contribution in [1.82, 2.24) is 5.32 Å². The van der Waals surface area contributed by atoms with Crippen molar-refractivity contribution in [2.75, 3.05) is 4.72 Å². The first kappa shape index (κ1) is 18.0. The molecule has 0 aromatic heterocycles. The number of anilines is 1. The van der Waals surface area contributed by atoms with Crippen molar-refractivity contribution in [2.24, 2.45) is 0 Å². The molecule has 0 aliphatic rings. The average molecular weight is 328 g/mol. The maximum atomic E-state index is 12.1. The van der Waals surface area contributed by atoms with Crippen molar-refractivity contribution in [3.8, 4) is 0 Å². The van der Waals surface area contributed by atoms with Crippen LogP contribution >= 0.6 is 0 Å². The van der Waals surface area contributed by atoms with Gasteiger partial charge in [0.2, 0.25) is 10.0 Å². The van der Waals surface area contributed by atoms with Crippen molar-refractivity contribution in [3.05, 3.63) is 29.8 Å². The summed E-state index contributed by atoms with van der Waals surface area (Å²) < 4.78 is 26.0. The van der Waals surface area contributed by atoms with Gasteiger partial charge in [0.25, 0.3) is 5.91 Å². The zero-order chi connectivity index (χ0) is 17.1. The zero-order valence-corrected chi connectivity index (χ0v) is 13.7. The van der Waals surface area contributed by atoms with E-state index in [2.05, 4.69) is 10.0 Å². The summed E-state index contributed by atoms with van der Waals surface area (Å²) in [6, 6.07) is 5.85. The number of sulfonamides is 1. The fourth-order valence-corrected chi connectivity index (χ4v) is 2.11. The molecule has 1 aromatic carbocycles. The van der Waals surface area contributed by atoms with Gasteiger partial charge in [-0.1, -0.05) is 6.07 Å².